The summed E-state index contributed by atoms with van der Waals surface area (Å²) in [4.78, 5) is 54.0. The summed E-state index contributed by atoms with van der Waals surface area (Å²) in [6.45, 7) is 15.9. The van der Waals surface area contributed by atoms with E-state index in [-0.39, 0.29) is 19.0 Å². The Hall–Kier alpha value is -4.87. The van der Waals surface area contributed by atoms with Gasteiger partial charge in [0.15, 0.2) is 5.76 Å². The highest BCUT2D eigenvalue weighted by Gasteiger charge is 2.25. The van der Waals surface area contributed by atoms with E-state index in [2.05, 4.69) is 15.3 Å². The molecule has 4 rings (SSSR count). The van der Waals surface area contributed by atoms with Crippen molar-refractivity contribution >= 4 is 34.8 Å². The minimum atomic E-state index is -0.660. The number of hydrogen-bond acceptors (Lipinski definition) is 8. The summed E-state index contributed by atoms with van der Waals surface area (Å²) < 4.78 is 17.2. The van der Waals surface area contributed by atoms with Crippen LogP contribution in [0.4, 0.5) is 15.3 Å². The van der Waals surface area contributed by atoms with Crippen molar-refractivity contribution in [3.8, 4) is 22.8 Å². The lowest BCUT2D eigenvalue weighted by atomic mass is 10.1. The quantitative estimate of drug-likeness (QED) is 0.169. The molecule has 0 aliphatic heterocycles. The van der Waals surface area contributed by atoms with Gasteiger partial charge in [0.05, 0.1) is 23.8 Å². The molecule has 0 radical (unpaired) electrons. The molecule has 2 aromatic carbocycles. The van der Waals surface area contributed by atoms with Gasteiger partial charge in [0.2, 0.25) is 11.8 Å². The lowest BCUT2D eigenvalue weighted by Crippen LogP contribution is -2.41. The third-order valence-electron chi connectivity index (χ3n) is 6.69. The topological polar surface area (TPSA) is 143 Å². The van der Waals surface area contributed by atoms with E-state index in [0.29, 0.717) is 59.3 Å². The molecular formula is C35H46N6O6. The number of aromatic amines is 1. The van der Waals surface area contributed by atoms with Crippen LogP contribution in [0.2, 0.25) is 0 Å². The Morgan fingerprint density at radius 2 is 1.53 bits per heavy atom. The molecule has 0 bridgehead atoms. The molecule has 0 unspecified atom stereocenters. The van der Waals surface area contributed by atoms with Crippen molar-refractivity contribution < 1.29 is 28.3 Å². The molecular weight excluding hydrogens is 600 g/mol. The molecule has 12 nitrogen and oxygen atoms in total. The fourth-order valence-electron chi connectivity index (χ4n) is 4.83. The second-order valence-electron chi connectivity index (χ2n) is 13.3. The second kappa shape index (κ2) is 14.7. The van der Waals surface area contributed by atoms with Crippen molar-refractivity contribution in [3.63, 3.8) is 0 Å². The van der Waals surface area contributed by atoms with E-state index in [9.17, 15) is 14.4 Å². The highest BCUT2D eigenvalue weighted by Crippen LogP contribution is 2.31. The normalized spacial score (nSPS) is 11.7. The maximum absolute atomic E-state index is 12.9. The van der Waals surface area contributed by atoms with Crippen molar-refractivity contribution in [1.29, 1.82) is 0 Å². The predicted octanol–water partition coefficient (Wildman–Crippen LogP) is 7.62. The summed E-state index contributed by atoms with van der Waals surface area (Å²) in [5, 5.41) is 2.87. The smallest absolute Gasteiger partial charge is 0.410 e. The molecule has 47 heavy (non-hydrogen) atoms. The number of carbonyl (C=O) groups is 3. The second-order valence-corrected chi connectivity index (χ2v) is 13.3. The first kappa shape index (κ1) is 35.0. The van der Waals surface area contributed by atoms with Crippen LogP contribution in [0.5, 0.6) is 0 Å². The zero-order valence-corrected chi connectivity index (χ0v) is 28.6. The van der Waals surface area contributed by atoms with Crippen LogP contribution in [0, 0.1) is 0 Å². The molecule has 0 aliphatic rings. The van der Waals surface area contributed by atoms with Crippen LogP contribution in [0.25, 0.3) is 33.8 Å². The minimum absolute atomic E-state index is 0.136. The van der Waals surface area contributed by atoms with Gasteiger partial charge in [-0.05, 0) is 78.6 Å². The Bertz CT molecular complexity index is 1700. The van der Waals surface area contributed by atoms with Gasteiger partial charge >= 0.3 is 12.2 Å². The van der Waals surface area contributed by atoms with Crippen LogP contribution in [0.1, 0.15) is 74.1 Å². The number of para-hydroxylation sites is 1. The van der Waals surface area contributed by atoms with Crippen LogP contribution in [0.15, 0.2) is 53.1 Å². The molecule has 3 amide bonds. The highest BCUT2D eigenvalue weighted by molar-refractivity contribution is 5.94. The summed E-state index contributed by atoms with van der Waals surface area (Å²) in [6, 6.07) is 12.9. The fourth-order valence-corrected chi connectivity index (χ4v) is 4.83. The standard InChI is InChI=1S/C35H46N6O6/c1-9-17-40(32(43)46-34(3,4)5)21-28-38-26-16-12-15-25(30(26)39-28)31-36-20-27(45-31)23-13-11-14-24(19-23)37-29(42)22-41(18-10-2)33(44)47-35(6,7)8/h11-16,19-20H,9-10,17-18,21-22H2,1-8H3,(H,37,42)(H,38,39). The number of H-pyrrole nitrogens is 1. The average molecular weight is 647 g/mol. The molecule has 4 aromatic rings. The first-order chi connectivity index (χ1) is 22.2. The van der Waals surface area contributed by atoms with Crippen LogP contribution in [-0.4, -0.2) is 73.7 Å². The number of nitrogens with one attached hydrogen (secondary N) is 2. The van der Waals surface area contributed by atoms with Crippen molar-refractivity contribution in [2.24, 2.45) is 0 Å². The number of aromatic nitrogens is 3. The minimum Gasteiger partial charge on any atom is -0.444 e. The van der Waals surface area contributed by atoms with Gasteiger partial charge in [-0.3, -0.25) is 9.69 Å². The van der Waals surface area contributed by atoms with Gasteiger partial charge in [-0.15, -0.1) is 0 Å². The molecule has 2 heterocycles. The van der Waals surface area contributed by atoms with E-state index < -0.39 is 23.4 Å². The van der Waals surface area contributed by atoms with Crippen LogP contribution in [0.3, 0.4) is 0 Å². The summed E-state index contributed by atoms with van der Waals surface area (Å²) in [6.07, 6.45) is 2.17. The van der Waals surface area contributed by atoms with Gasteiger partial charge in [-0.2, -0.15) is 0 Å². The van der Waals surface area contributed by atoms with E-state index in [0.717, 1.165) is 11.9 Å². The van der Waals surface area contributed by atoms with Crippen molar-refractivity contribution in [2.45, 2.75) is 86.0 Å². The average Bonchev–Trinajstić information content (AvgIpc) is 3.62. The molecule has 2 aromatic heterocycles. The number of benzene rings is 2. The summed E-state index contributed by atoms with van der Waals surface area (Å²) in [7, 11) is 0. The molecule has 252 valence electrons. The monoisotopic (exact) mass is 646 g/mol. The van der Waals surface area contributed by atoms with Crippen LogP contribution >= 0.6 is 0 Å². The Labute approximate surface area is 275 Å². The number of ether oxygens (including phenoxy) is 2. The Morgan fingerprint density at radius 1 is 0.894 bits per heavy atom. The van der Waals surface area contributed by atoms with Crippen LogP contribution < -0.4 is 5.32 Å². The zero-order chi connectivity index (χ0) is 34.4. The van der Waals surface area contributed by atoms with Crippen molar-refractivity contribution in [2.75, 3.05) is 25.0 Å². The molecule has 0 aliphatic carbocycles. The zero-order valence-electron chi connectivity index (χ0n) is 28.6. The van der Waals surface area contributed by atoms with E-state index in [1.807, 2.05) is 58.9 Å². The number of fused-ring (bicyclic) bond motifs is 1. The molecule has 0 fully saturated rings. The first-order valence-corrected chi connectivity index (χ1v) is 16.0. The summed E-state index contributed by atoms with van der Waals surface area (Å²) >= 11 is 0. The van der Waals surface area contributed by atoms with Gasteiger partial charge in [0.25, 0.3) is 0 Å². The van der Waals surface area contributed by atoms with Gasteiger partial charge in [-0.1, -0.05) is 32.0 Å². The highest BCUT2D eigenvalue weighted by atomic mass is 16.6. The van der Waals surface area contributed by atoms with Gasteiger partial charge in [0.1, 0.15) is 29.1 Å². The summed E-state index contributed by atoms with van der Waals surface area (Å²) in [5.74, 6) is 1.16. The predicted molar refractivity (Wildman–Crippen MR) is 181 cm³/mol. The number of imidazole rings is 1. The third kappa shape index (κ3) is 9.81. The SMILES string of the molecule is CCCN(CC(=O)Nc1cccc(-c2cnc(-c3cccc4[nH]c(CN(CCC)C(=O)OC(C)(C)C)nc34)o2)c1)C(=O)OC(C)(C)C. The molecule has 0 saturated carbocycles. The van der Waals surface area contributed by atoms with E-state index in [4.69, 9.17) is 18.9 Å². The molecule has 0 saturated heterocycles. The third-order valence-corrected chi connectivity index (χ3v) is 6.69. The molecule has 12 heteroatoms. The Morgan fingerprint density at radius 3 is 2.19 bits per heavy atom. The number of nitrogens with zero attached hydrogens (tertiary/aromatic N) is 4. The number of oxazole rings is 1. The van der Waals surface area contributed by atoms with Gasteiger partial charge < -0.3 is 29.1 Å². The maximum atomic E-state index is 12.9. The van der Waals surface area contributed by atoms with E-state index in [1.165, 1.54) is 4.90 Å². The Balaban J connectivity index is 1.50. The van der Waals surface area contributed by atoms with Gasteiger partial charge in [-0.25, -0.2) is 19.6 Å². The molecule has 0 atom stereocenters. The number of rotatable bonds is 11. The lowest BCUT2D eigenvalue weighted by Gasteiger charge is -2.26. The molecule has 0 spiro atoms. The number of amides is 3. The van der Waals surface area contributed by atoms with Crippen molar-refractivity contribution in [3.05, 3.63) is 54.5 Å². The first-order valence-electron chi connectivity index (χ1n) is 16.0. The lowest BCUT2D eigenvalue weighted by molar-refractivity contribution is -0.117. The van der Waals surface area contributed by atoms with Gasteiger partial charge in [0, 0.05) is 24.3 Å². The number of hydrogen-bond donors (Lipinski definition) is 2. The number of anilines is 1. The van der Waals surface area contributed by atoms with E-state index >= 15 is 0 Å². The maximum Gasteiger partial charge on any atom is 0.410 e. The summed E-state index contributed by atoms with van der Waals surface area (Å²) in [5.41, 5.74) is 2.14. The number of carbonyl (C=O) groups excluding carboxylic acids is 3. The van der Waals surface area contributed by atoms with E-state index in [1.54, 1.807) is 50.1 Å². The Kier molecular flexibility index (Phi) is 10.9. The van der Waals surface area contributed by atoms with Crippen LogP contribution in [-0.2, 0) is 20.8 Å². The molecule has 2 N–H and O–H groups in total. The fraction of sp³-hybridized carbons (Fsp3) is 0.457. The van der Waals surface area contributed by atoms with Crippen molar-refractivity contribution in [1.82, 2.24) is 24.8 Å². The largest absolute Gasteiger partial charge is 0.444 e.